The molecule has 4 rings (SSSR count). The highest BCUT2D eigenvalue weighted by Gasteiger charge is 2.36. The second-order valence-electron chi connectivity index (χ2n) is 7.53. The summed E-state index contributed by atoms with van der Waals surface area (Å²) in [6.07, 6.45) is 1.66. The summed E-state index contributed by atoms with van der Waals surface area (Å²) in [6.45, 7) is 2.86. The fraction of sp³-hybridized carbons (Fsp3) is 0.364. The van der Waals surface area contributed by atoms with Crippen LogP contribution in [0.2, 0.25) is 10.0 Å². The van der Waals surface area contributed by atoms with Gasteiger partial charge in [0.05, 0.1) is 35.4 Å². The highest BCUT2D eigenvalue weighted by atomic mass is 35.5. The summed E-state index contributed by atoms with van der Waals surface area (Å²) in [5.74, 6) is -1.08. The highest BCUT2D eigenvalue weighted by Crippen LogP contribution is 2.36. The molecule has 2 atom stereocenters. The predicted molar refractivity (Wildman–Crippen MR) is 128 cm³/mol. The number of benzene rings is 1. The number of carbonyl (C=O) groups is 2. The van der Waals surface area contributed by atoms with Gasteiger partial charge in [0.25, 0.3) is 0 Å². The van der Waals surface area contributed by atoms with E-state index in [2.05, 4.69) is 10.3 Å². The van der Waals surface area contributed by atoms with Crippen molar-refractivity contribution in [3.05, 3.63) is 61.7 Å². The molecule has 9 nitrogen and oxygen atoms in total. The van der Waals surface area contributed by atoms with Crippen LogP contribution in [-0.4, -0.2) is 71.7 Å². The number of hydrogen-bond donors (Lipinski definition) is 2. The molecule has 2 aromatic rings. The zero-order valence-electron chi connectivity index (χ0n) is 18.2. The molecule has 1 fully saturated rings. The van der Waals surface area contributed by atoms with Crippen molar-refractivity contribution in [2.45, 2.75) is 19.0 Å². The Morgan fingerprint density at radius 1 is 1.35 bits per heavy atom. The number of rotatable bonds is 7. The van der Waals surface area contributed by atoms with E-state index in [1.807, 2.05) is 5.38 Å². The van der Waals surface area contributed by atoms with E-state index in [9.17, 15) is 14.7 Å². The minimum Gasteiger partial charge on any atom is -0.480 e. The fourth-order valence-corrected chi connectivity index (χ4v) is 4.69. The topological polar surface area (TPSA) is 113 Å². The summed E-state index contributed by atoms with van der Waals surface area (Å²) in [6, 6.07) is 3.45. The Labute approximate surface area is 210 Å². The molecule has 1 aromatic carbocycles. The van der Waals surface area contributed by atoms with Crippen molar-refractivity contribution in [2.24, 2.45) is 4.99 Å². The second kappa shape index (κ2) is 10.8. The van der Waals surface area contributed by atoms with Crippen molar-refractivity contribution in [1.82, 2.24) is 15.2 Å². The van der Waals surface area contributed by atoms with E-state index in [1.54, 1.807) is 36.2 Å². The number of amidine groups is 1. The van der Waals surface area contributed by atoms with Crippen LogP contribution >= 0.6 is 34.5 Å². The lowest BCUT2D eigenvalue weighted by Gasteiger charge is -2.35. The Bertz CT molecular complexity index is 1140. The number of hydrogen-bond acceptors (Lipinski definition) is 9. The van der Waals surface area contributed by atoms with Gasteiger partial charge in [0, 0.05) is 30.4 Å². The number of aromatic nitrogens is 1. The highest BCUT2D eigenvalue weighted by molar-refractivity contribution is 7.11. The number of thiazole rings is 1. The number of aliphatic carboxylic acids is 1. The number of carboxylic acids is 1. The van der Waals surface area contributed by atoms with E-state index >= 15 is 0 Å². The number of nitrogens with zero attached hydrogens (tertiary/aromatic N) is 3. The van der Waals surface area contributed by atoms with Gasteiger partial charge in [-0.05, 0) is 24.6 Å². The minimum atomic E-state index is -0.997. The van der Waals surface area contributed by atoms with Crippen LogP contribution in [0.15, 0.2) is 46.0 Å². The zero-order valence-corrected chi connectivity index (χ0v) is 20.5. The monoisotopic (exact) mass is 524 g/mol. The molecule has 1 saturated heterocycles. The first-order valence-corrected chi connectivity index (χ1v) is 12.2. The summed E-state index contributed by atoms with van der Waals surface area (Å²) in [5.41, 5.74) is 1.40. The van der Waals surface area contributed by atoms with E-state index in [0.29, 0.717) is 45.3 Å². The lowest BCUT2D eigenvalue weighted by molar-refractivity contribution is -0.149. The standard InChI is InChI=1S/C22H22Cl2N4O5S/c1-2-33-22(31)17-15(10-28-6-7-32-11-16(28)21(29)30)26-19(20-25-5-8-34-20)27-18(17)12-3-4-13(23)14(24)9-12/h3-5,8-9,16,18H,2,6-7,10-11H2,1H3,(H,26,27)(H,29,30). The molecule has 0 radical (unpaired) electrons. The summed E-state index contributed by atoms with van der Waals surface area (Å²) < 4.78 is 10.7. The number of morpholine rings is 1. The molecule has 0 amide bonds. The Kier molecular flexibility index (Phi) is 7.84. The van der Waals surface area contributed by atoms with Gasteiger partial charge in [0.2, 0.25) is 0 Å². The van der Waals surface area contributed by atoms with Gasteiger partial charge in [-0.2, -0.15) is 0 Å². The molecule has 0 bridgehead atoms. The van der Waals surface area contributed by atoms with E-state index in [0.717, 1.165) is 0 Å². The first kappa shape index (κ1) is 24.6. The van der Waals surface area contributed by atoms with Gasteiger partial charge in [-0.1, -0.05) is 29.3 Å². The molecule has 34 heavy (non-hydrogen) atoms. The zero-order chi connectivity index (χ0) is 24.2. The maximum Gasteiger partial charge on any atom is 0.338 e. The summed E-state index contributed by atoms with van der Waals surface area (Å²) in [4.78, 5) is 35.9. The Morgan fingerprint density at radius 3 is 2.85 bits per heavy atom. The third kappa shape index (κ3) is 5.26. The summed E-state index contributed by atoms with van der Waals surface area (Å²) in [7, 11) is 0. The van der Waals surface area contributed by atoms with Crippen LogP contribution in [0.1, 0.15) is 23.5 Å². The molecular weight excluding hydrogens is 503 g/mol. The smallest absolute Gasteiger partial charge is 0.338 e. The van der Waals surface area contributed by atoms with Crippen molar-refractivity contribution >= 4 is 52.3 Å². The first-order valence-electron chi connectivity index (χ1n) is 10.5. The lowest BCUT2D eigenvalue weighted by Crippen LogP contribution is -2.52. The quantitative estimate of drug-likeness (QED) is 0.531. The number of nitrogens with one attached hydrogen (secondary N) is 1. The predicted octanol–water partition coefficient (Wildman–Crippen LogP) is 3.14. The van der Waals surface area contributed by atoms with E-state index < -0.39 is 24.0 Å². The Balaban J connectivity index is 1.82. The maximum absolute atomic E-state index is 13.2. The lowest BCUT2D eigenvalue weighted by atomic mass is 9.95. The Morgan fingerprint density at radius 2 is 2.18 bits per heavy atom. The van der Waals surface area contributed by atoms with Gasteiger partial charge in [-0.15, -0.1) is 11.3 Å². The van der Waals surface area contributed by atoms with Crippen LogP contribution in [-0.2, 0) is 19.1 Å². The molecule has 2 N–H and O–H groups in total. The molecule has 2 aliphatic heterocycles. The van der Waals surface area contributed by atoms with Crippen molar-refractivity contribution in [2.75, 3.05) is 32.9 Å². The van der Waals surface area contributed by atoms with Crippen molar-refractivity contribution < 1.29 is 24.2 Å². The molecule has 12 heteroatoms. The van der Waals surface area contributed by atoms with Crippen LogP contribution < -0.4 is 5.32 Å². The molecule has 2 aliphatic rings. The average Bonchev–Trinajstić information content (AvgIpc) is 3.36. The summed E-state index contributed by atoms with van der Waals surface area (Å²) in [5, 5.41) is 16.0. The van der Waals surface area contributed by atoms with Crippen LogP contribution in [0, 0.1) is 0 Å². The molecular formula is C22H22Cl2N4O5S. The first-order chi connectivity index (χ1) is 16.4. The van der Waals surface area contributed by atoms with Crippen molar-refractivity contribution in [1.29, 1.82) is 0 Å². The van der Waals surface area contributed by atoms with Gasteiger partial charge < -0.3 is 19.9 Å². The average molecular weight is 525 g/mol. The number of halogens is 2. The largest absolute Gasteiger partial charge is 0.480 e. The van der Waals surface area contributed by atoms with E-state index in [4.69, 9.17) is 37.7 Å². The van der Waals surface area contributed by atoms with Gasteiger partial charge in [-0.25, -0.2) is 9.78 Å². The number of ether oxygens (including phenoxy) is 2. The minimum absolute atomic E-state index is 0.0565. The van der Waals surface area contributed by atoms with E-state index in [-0.39, 0.29) is 25.3 Å². The molecule has 2 unspecified atom stereocenters. The Hall–Kier alpha value is -2.50. The number of carbonyl (C=O) groups excluding carboxylic acids is 1. The van der Waals surface area contributed by atoms with E-state index in [1.165, 1.54) is 11.3 Å². The van der Waals surface area contributed by atoms with Crippen molar-refractivity contribution in [3.8, 4) is 0 Å². The van der Waals surface area contributed by atoms with Gasteiger partial charge in [-0.3, -0.25) is 14.7 Å². The second-order valence-corrected chi connectivity index (χ2v) is 9.24. The van der Waals surface area contributed by atoms with Crippen LogP contribution in [0.5, 0.6) is 0 Å². The van der Waals surface area contributed by atoms with Crippen LogP contribution in [0.3, 0.4) is 0 Å². The molecule has 0 spiro atoms. The van der Waals surface area contributed by atoms with Crippen LogP contribution in [0.25, 0.3) is 0 Å². The molecule has 180 valence electrons. The third-order valence-corrected chi connectivity index (χ3v) is 6.92. The molecule has 0 aliphatic carbocycles. The van der Waals surface area contributed by atoms with Gasteiger partial charge in [0.15, 0.2) is 10.8 Å². The van der Waals surface area contributed by atoms with Gasteiger partial charge >= 0.3 is 11.9 Å². The molecule has 3 heterocycles. The fourth-order valence-electron chi connectivity index (χ4n) is 3.80. The number of aliphatic imine (C=N–C) groups is 1. The maximum atomic E-state index is 13.2. The third-order valence-electron chi connectivity index (χ3n) is 5.40. The normalized spacial score (nSPS) is 21.1. The van der Waals surface area contributed by atoms with Gasteiger partial charge in [0.1, 0.15) is 12.1 Å². The van der Waals surface area contributed by atoms with Crippen molar-refractivity contribution in [3.63, 3.8) is 0 Å². The summed E-state index contributed by atoms with van der Waals surface area (Å²) >= 11 is 13.8. The number of carboxylic acid groups (broad SMARTS) is 1. The van der Waals surface area contributed by atoms with Crippen LogP contribution in [0.4, 0.5) is 0 Å². The SMILES string of the molecule is CCOC(=O)C1=C(CN2CCOCC2C(=O)O)NC(c2nccs2)=NC1c1ccc(Cl)c(Cl)c1. The molecule has 1 aromatic heterocycles. The number of esters is 1. The molecule has 0 saturated carbocycles.